The van der Waals surface area contributed by atoms with Crippen molar-refractivity contribution < 1.29 is 9.59 Å². The molecule has 0 bridgehead atoms. The average molecular weight is 279 g/mol. The van der Waals surface area contributed by atoms with E-state index < -0.39 is 0 Å². The lowest BCUT2D eigenvalue weighted by atomic mass is 10.2. The number of halogens is 1. The van der Waals surface area contributed by atoms with Crippen molar-refractivity contribution in [3.05, 3.63) is 0 Å². The van der Waals surface area contributed by atoms with Gasteiger partial charge in [-0.3, -0.25) is 9.59 Å². The molecular formula is C10H19BrN2O2. The summed E-state index contributed by atoms with van der Waals surface area (Å²) in [7, 11) is 1.57. The molecule has 0 heterocycles. The number of carbonyl (C=O) groups is 2. The smallest absolute Gasteiger partial charge is 0.239 e. The summed E-state index contributed by atoms with van der Waals surface area (Å²) >= 11 is 3.30. The molecule has 88 valence electrons. The second-order valence-corrected chi connectivity index (χ2v) is 4.41. The van der Waals surface area contributed by atoms with Gasteiger partial charge in [-0.05, 0) is 12.8 Å². The maximum absolute atomic E-state index is 11.8. The highest BCUT2D eigenvalue weighted by Crippen LogP contribution is 2.09. The summed E-state index contributed by atoms with van der Waals surface area (Å²) in [5.74, 6) is -0.143. The van der Waals surface area contributed by atoms with Crippen molar-refractivity contribution in [3.8, 4) is 0 Å². The maximum Gasteiger partial charge on any atom is 0.239 e. The molecule has 0 saturated carbocycles. The van der Waals surface area contributed by atoms with Gasteiger partial charge in [-0.1, -0.05) is 29.8 Å². The van der Waals surface area contributed by atoms with E-state index in [1.54, 1.807) is 11.9 Å². The quantitative estimate of drug-likeness (QED) is 0.741. The van der Waals surface area contributed by atoms with Crippen molar-refractivity contribution in [1.82, 2.24) is 10.2 Å². The van der Waals surface area contributed by atoms with Crippen LogP contribution in [0.5, 0.6) is 0 Å². The van der Waals surface area contributed by atoms with Gasteiger partial charge in [0.25, 0.3) is 0 Å². The summed E-state index contributed by atoms with van der Waals surface area (Å²) in [6.45, 7) is 4.68. The molecule has 1 atom stereocenters. The molecule has 2 amide bonds. The van der Waals surface area contributed by atoms with Crippen LogP contribution in [-0.2, 0) is 9.59 Å². The molecule has 0 aromatic rings. The first-order valence-electron chi connectivity index (χ1n) is 5.20. The van der Waals surface area contributed by atoms with Crippen molar-refractivity contribution >= 4 is 27.7 Å². The molecule has 0 radical (unpaired) electrons. The zero-order chi connectivity index (χ0) is 11.8. The van der Waals surface area contributed by atoms with Crippen molar-refractivity contribution in [1.29, 1.82) is 0 Å². The number of amides is 2. The van der Waals surface area contributed by atoms with Gasteiger partial charge in [0.2, 0.25) is 11.8 Å². The molecule has 5 heteroatoms. The monoisotopic (exact) mass is 278 g/mol. The SMILES string of the molecule is CCCN(CC(=O)NC)C(=O)C(Br)CC. The van der Waals surface area contributed by atoms with Gasteiger partial charge in [0.15, 0.2) is 0 Å². The van der Waals surface area contributed by atoms with Crippen LogP contribution in [0.2, 0.25) is 0 Å². The molecule has 0 aliphatic rings. The molecule has 0 aliphatic carbocycles. The van der Waals surface area contributed by atoms with E-state index in [0.717, 1.165) is 12.8 Å². The lowest BCUT2D eigenvalue weighted by Crippen LogP contribution is -2.43. The van der Waals surface area contributed by atoms with E-state index in [1.807, 2.05) is 13.8 Å². The maximum atomic E-state index is 11.8. The number of nitrogens with zero attached hydrogens (tertiary/aromatic N) is 1. The first-order valence-corrected chi connectivity index (χ1v) is 6.11. The van der Waals surface area contributed by atoms with Gasteiger partial charge >= 0.3 is 0 Å². The van der Waals surface area contributed by atoms with Gasteiger partial charge in [0, 0.05) is 13.6 Å². The second-order valence-electron chi connectivity index (χ2n) is 3.31. The van der Waals surface area contributed by atoms with Crippen molar-refractivity contribution in [2.75, 3.05) is 20.1 Å². The van der Waals surface area contributed by atoms with Crippen LogP contribution in [0.25, 0.3) is 0 Å². The first kappa shape index (κ1) is 14.4. The Bertz CT molecular complexity index is 221. The fourth-order valence-electron chi connectivity index (χ4n) is 1.16. The van der Waals surface area contributed by atoms with Crippen LogP contribution in [0.3, 0.4) is 0 Å². The Kier molecular flexibility index (Phi) is 7.38. The Morgan fingerprint density at radius 1 is 1.40 bits per heavy atom. The normalized spacial score (nSPS) is 12.0. The summed E-state index contributed by atoms with van der Waals surface area (Å²) in [4.78, 5) is 24.4. The summed E-state index contributed by atoms with van der Waals surface area (Å²) in [5, 5.41) is 2.52. The Balaban J connectivity index is 4.37. The summed E-state index contributed by atoms with van der Waals surface area (Å²) < 4.78 is 0. The minimum Gasteiger partial charge on any atom is -0.358 e. The van der Waals surface area contributed by atoms with Gasteiger partial charge in [-0.15, -0.1) is 0 Å². The lowest BCUT2D eigenvalue weighted by Gasteiger charge is -2.23. The number of likely N-dealkylation sites (N-methyl/N-ethyl adjacent to an activating group) is 1. The van der Waals surface area contributed by atoms with E-state index in [-0.39, 0.29) is 23.2 Å². The number of alkyl halides is 1. The van der Waals surface area contributed by atoms with Crippen LogP contribution in [0, 0.1) is 0 Å². The van der Waals surface area contributed by atoms with E-state index in [2.05, 4.69) is 21.2 Å². The predicted molar refractivity (Wildman–Crippen MR) is 63.9 cm³/mol. The van der Waals surface area contributed by atoms with Gasteiger partial charge < -0.3 is 10.2 Å². The molecule has 0 aliphatic heterocycles. The van der Waals surface area contributed by atoms with Crippen molar-refractivity contribution in [3.63, 3.8) is 0 Å². The minimum absolute atomic E-state index is 0.0112. The van der Waals surface area contributed by atoms with Crippen LogP contribution in [0.4, 0.5) is 0 Å². The molecule has 0 aromatic carbocycles. The zero-order valence-corrected chi connectivity index (χ0v) is 11.1. The van der Waals surface area contributed by atoms with Gasteiger partial charge in [0.1, 0.15) is 0 Å². The fraction of sp³-hybridized carbons (Fsp3) is 0.800. The van der Waals surface area contributed by atoms with E-state index in [0.29, 0.717) is 6.54 Å². The zero-order valence-electron chi connectivity index (χ0n) is 9.55. The minimum atomic E-state index is -0.186. The predicted octanol–water partition coefficient (Wildman–Crippen LogP) is 1.14. The van der Waals surface area contributed by atoms with Gasteiger partial charge in [-0.2, -0.15) is 0 Å². The molecule has 0 rings (SSSR count). The third kappa shape index (κ3) is 5.16. The van der Waals surface area contributed by atoms with E-state index in [9.17, 15) is 9.59 Å². The Hall–Kier alpha value is -0.580. The van der Waals surface area contributed by atoms with Crippen LogP contribution in [0.15, 0.2) is 0 Å². The topological polar surface area (TPSA) is 49.4 Å². The number of carbonyl (C=O) groups excluding carboxylic acids is 2. The summed E-state index contributed by atoms with van der Waals surface area (Å²) in [6.07, 6.45) is 1.58. The average Bonchev–Trinajstić information content (AvgIpc) is 2.26. The Morgan fingerprint density at radius 2 is 2.00 bits per heavy atom. The lowest BCUT2D eigenvalue weighted by molar-refractivity contribution is -0.135. The van der Waals surface area contributed by atoms with Crippen LogP contribution in [0.1, 0.15) is 26.7 Å². The third-order valence-electron chi connectivity index (χ3n) is 2.04. The van der Waals surface area contributed by atoms with Crippen molar-refractivity contribution in [2.45, 2.75) is 31.5 Å². The Morgan fingerprint density at radius 3 is 2.40 bits per heavy atom. The van der Waals surface area contributed by atoms with Gasteiger partial charge in [-0.25, -0.2) is 0 Å². The van der Waals surface area contributed by atoms with E-state index >= 15 is 0 Å². The highest BCUT2D eigenvalue weighted by atomic mass is 79.9. The molecule has 4 nitrogen and oxygen atoms in total. The number of rotatable bonds is 6. The largest absolute Gasteiger partial charge is 0.358 e. The molecule has 0 spiro atoms. The molecule has 1 unspecified atom stereocenters. The van der Waals surface area contributed by atoms with Gasteiger partial charge in [0.05, 0.1) is 11.4 Å². The summed E-state index contributed by atoms with van der Waals surface area (Å²) in [5.41, 5.74) is 0. The van der Waals surface area contributed by atoms with Crippen LogP contribution in [-0.4, -0.2) is 41.7 Å². The second kappa shape index (κ2) is 7.68. The van der Waals surface area contributed by atoms with Crippen molar-refractivity contribution in [2.24, 2.45) is 0 Å². The molecule has 0 aromatic heterocycles. The van der Waals surface area contributed by atoms with E-state index in [1.165, 1.54) is 0 Å². The van der Waals surface area contributed by atoms with E-state index in [4.69, 9.17) is 0 Å². The third-order valence-corrected chi connectivity index (χ3v) is 3.08. The number of nitrogens with one attached hydrogen (secondary N) is 1. The standard InChI is InChI=1S/C10H19BrN2O2/c1-4-6-13(7-9(14)12-3)10(15)8(11)5-2/h8H,4-7H2,1-3H3,(H,12,14). The molecule has 15 heavy (non-hydrogen) atoms. The molecule has 0 saturated heterocycles. The Labute approximate surface area is 99.5 Å². The number of hydrogen-bond donors (Lipinski definition) is 1. The first-order chi connectivity index (χ1) is 7.06. The number of hydrogen-bond acceptors (Lipinski definition) is 2. The highest BCUT2D eigenvalue weighted by Gasteiger charge is 2.21. The highest BCUT2D eigenvalue weighted by molar-refractivity contribution is 9.10. The molecular weight excluding hydrogens is 260 g/mol. The van der Waals surface area contributed by atoms with Crippen LogP contribution >= 0.6 is 15.9 Å². The summed E-state index contributed by atoms with van der Waals surface area (Å²) in [6, 6.07) is 0. The van der Waals surface area contributed by atoms with Crippen LogP contribution < -0.4 is 5.32 Å². The molecule has 1 N–H and O–H groups in total. The molecule has 0 fully saturated rings. The fourth-order valence-corrected chi connectivity index (χ4v) is 1.45.